The summed E-state index contributed by atoms with van der Waals surface area (Å²) in [6, 6.07) is 7.74. The maximum Gasteiger partial charge on any atom is 0.338 e. The molecule has 1 aliphatic heterocycles. The second-order valence-corrected chi connectivity index (χ2v) is 5.83. The highest BCUT2D eigenvalue weighted by atomic mass is 16.5. The first-order valence-corrected chi connectivity index (χ1v) is 7.46. The van der Waals surface area contributed by atoms with Crippen LogP contribution in [0.4, 0.5) is 5.95 Å². The van der Waals surface area contributed by atoms with Gasteiger partial charge in [0.25, 0.3) is 0 Å². The molecule has 0 saturated carbocycles. The molecule has 0 saturated heterocycles. The summed E-state index contributed by atoms with van der Waals surface area (Å²) in [6.07, 6.45) is 0. The normalized spacial score (nSPS) is 17.0. The zero-order valence-corrected chi connectivity index (χ0v) is 13.6. The van der Waals surface area contributed by atoms with E-state index in [-0.39, 0.29) is 0 Å². The van der Waals surface area contributed by atoms with Crippen LogP contribution in [0.2, 0.25) is 0 Å². The molecule has 120 valence electrons. The molecule has 7 nitrogen and oxygen atoms in total. The number of aromatic nitrogens is 4. The van der Waals surface area contributed by atoms with E-state index in [1.54, 1.807) is 4.68 Å². The molecule has 1 atom stereocenters. The van der Waals surface area contributed by atoms with Gasteiger partial charge in [-0.1, -0.05) is 43.2 Å². The molecule has 2 heterocycles. The number of carbonyl (C=O) groups is 1. The SMILES string of the molecule is COC(=O)C1=C(C)Nc2nnnn2[C@@H]1c1ccc(C(C)C)cc1. The van der Waals surface area contributed by atoms with Gasteiger partial charge in [0.2, 0.25) is 5.95 Å². The fourth-order valence-electron chi connectivity index (χ4n) is 2.76. The van der Waals surface area contributed by atoms with Gasteiger partial charge in [0.1, 0.15) is 6.04 Å². The van der Waals surface area contributed by atoms with Crippen LogP contribution in [0.3, 0.4) is 0 Å². The summed E-state index contributed by atoms with van der Waals surface area (Å²) >= 11 is 0. The van der Waals surface area contributed by atoms with E-state index in [0.29, 0.717) is 23.1 Å². The van der Waals surface area contributed by atoms with Crippen molar-refractivity contribution in [3.8, 4) is 0 Å². The number of tetrazole rings is 1. The minimum Gasteiger partial charge on any atom is -0.466 e. The first kappa shape index (κ1) is 15.2. The summed E-state index contributed by atoms with van der Waals surface area (Å²) in [5.74, 6) is 0.556. The minimum atomic E-state index is -0.407. The molecule has 7 heteroatoms. The van der Waals surface area contributed by atoms with Crippen molar-refractivity contribution < 1.29 is 9.53 Å². The fourth-order valence-corrected chi connectivity index (χ4v) is 2.76. The molecule has 3 rings (SSSR count). The Morgan fingerprint density at radius 1 is 1.30 bits per heavy atom. The van der Waals surface area contributed by atoms with Gasteiger partial charge in [-0.3, -0.25) is 0 Å². The quantitative estimate of drug-likeness (QED) is 0.875. The number of allylic oxidation sites excluding steroid dienone is 1. The molecule has 1 aromatic heterocycles. The van der Waals surface area contributed by atoms with E-state index in [9.17, 15) is 4.79 Å². The van der Waals surface area contributed by atoms with Crippen LogP contribution < -0.4 is 5.32 Å². The van der Waals surface area contributed by atoms with Crippen molar-refractivity contribution in [3.63, 3.8) is 0 Å². The lowest BCUT2D eigenvalue weighted by atomic mass is 9.93. The second kappa shape index (κ2) is 5.83. The minimum absolute atomic E-state index is 0.394. The van der Waals surface area contributed by atoms with E-state index in [1.807, 2.05) is 19.1 Å². The molecule has 1 N–H and O–H groups in total. The van der Waals surface area contributed by atoms with Crippen LogP contribution in [-0.4, -0.2) is 33.3 Å². The number of ether oxygens (including phenoxy) is 1. The molecule has 0 unspecified atom stereocenters. The largest absolute Gasteiger partial charge is 0.466 e. The molecule has 0 bridgehead atoms. The Hall–Kier alpha value is -2.70. The van der Waals surface area contributed by atoms with Crippen LogP contribution in [0.25, 0.3) is 0 Å². The van der Waals surface area contributed by atoms with E-state index in [4.69, 9.17) is 4.74 Å². The van der Waals surface area contributed by atoms with Crippen molar-refractivity contribution in [2.45, 2.75) is 32.7 Å². The topological polar surface area (TPSA) is 81.9 Å². The van der Waals surface area contributed by atoms with Gasteiger partial charge in [-0.15, -0.1) is 0 Å². The third-order valence-corrected chi connectivity index (χ3v) is 4.04. The van der Waals surface area contributed by atoms with E-state index in [2.05, 4.69) is 46.8 Å². The molecule has 1 aliphatic rings. The maximum atomic E-state index is 12.3. The van der Waals surface area contributed by atoms with Crippen molar-refractivity contribution in [1.82, 2.24) is 20.2 Å². The molecule has 2 aromatic rings. The number of nitrogens with one attached hydrogen (secondary N) is 1. The Balaban J connectivity index is 2.11. The Bertz CT molecular complexity index is 761. The standard InChI is InChI=1S/C16H19N5O2/c1-9(2)11-5-7-12(8-6-11)14-13(15(22)23-4)10(3)17-16-18-19-20-21(14)16/h5-9,14H,1-4H3,(H,17,18,20)/t14-/m1/s1. The molecular weight excluding hydrogens is 294 g/mol. The number of methoxy groups -OCH3 is 1. The zero-order chi connectivity index (χ0) is 16.6. The number of esters is 1. The van der Waals surface area contributed by atoms with Gasteiger partial charge in [-0.25, -0.2) is 4.79 Å². The van der Waals surface area contributed by atoms with Crippen molar-refractivity contribution in [2.24, 2.45) is 0 Å². The number of fused-ring (bicyclic) bond motifs is 1. The highest BCUT2D eigenvalue weighted by Crippen LogP contribution is 2.35. The Labute approximate surface area is 134 Å². The third kappa shape index (κ3) is 2.58. The van der Waals surface area contributed by atoms with Crippen molar-refractivity contribution >= 4 is 11.9 Å². The van der Waals surface area contributed by atoms with E-state index < -0.39 is 12.0 Å². The first-order chi connectivity index (χ1) is 11.0. The zero-order valence-electron chi connectivity index (χ0n) is 13.6. The van der Waals surface area contributed by atoms with Crippen molar-refractivity contribution in [1.29, 1.82) is 0 Å². The summed E-state index contributed by atoms with van der Waals surface area (Å²) in [4.78, 5) is 12.3. The lowest BCUT2D eigenvalue weighted by molar-refractivity contribution is -0.136. The fraction of sp³-hybridized carbons (Fsp3) is 0.375. The predicted octanol–water partition coefficient (Wildman–Crippen LogP) is 2.26. The summed E-state index contributed by atoms with van der Waals surface area (Å²) in [5, 5.41) is 14.7. The van der Waals surface area contributed by atoms with E-state index >= 15 is 0 Å². The van der Waals surface area contributed by atoms with Crippen LogP contribution >= 0.6 is 0 Å². The van der Waals surface area contributed by atoms with Crippen LogP contribution in [0.1, 0.15) is 43.9 Å². The summed E-state index contributed by atoms with van der Waals surface area (Å²) in [7, 11) is 1.37. The first-order valence-electron chi connectivity index (χ1n) is 7.46. The van der Waals surface area contributed by atoms with E-state index in [0.717, 1.165) is 5.56 Å². The van der Waals surface area contributed by atoms with E-state index in [1.165, 1.54) is 12.7 Å². The van der Waals surface area contributed by atoms with Gasteiger partial charge in [-0.2, -0.15) is 4.68 Å². The number of anilines is 1. The van der Waals surface area contributed by atoms with Gasteiger partial charge in [0.15, 0.2) is 0 Å². The molecule has 1 aromatic carbocycles. The Kier molecular flexibility index (Phi) is 3.85. The smallest absolute Gasteiger partial charge is 0.338 e. The summed E-state index contributed by atoms with van der Waals surface area (Å²) in [6.45, 7) is 6.10. The molecule has 23 heavy (non-hydrogen) atoms. The highest BCUT2D eigenvalue weighted by Gasteiger charge is 2.34. The molecule has 0 fully saturated rings. The van der Waals surface area contributed by atoms with Gasteiger partial charge < -0.3 is 10.1 Å². The number of benzene rings is 1. The van der Waals surface area contributed by atoms with Crippen LogP contribution in [-0.2, 0) is 9.53 Å². The number of hydrogen-bond donors (Lipinski definition) is 1. The van der Waals surface area contributed by atoms with Gasteiger partial charge in [0, 0.05) is 5.70 Å². The highest BCUT2D eigenvalue weighted by molar-refractivity contribution is 5.92. The number of hydrogen-bond acceptors (Lipinski definition) is 6. The van der Waals surface area contributed by atoms with Gasteiger partial charge in [-0.05, 0) is 34.4 Å². The molecule has 0 aliphatic carbocycles. The lowest BCUT2D eigenvalue weighted by Gasteiger charge is -2.27. The van der Waals surface area contributed by atoms with Crippen molar-refractivity contribution in [2.75, 3.05) is 12.4 Å². The van der Waals surface area contributed by atoms with Crippen LogP contribution in [0, 0.1) is 0 Å². The predicted molar refractivity (Wildman–Crippen MR) is 84.8 cm³/mol. The van der Waals surface area contributed by atoms with Gasteiger partial charge >= 0.3 is 5.97 Å². The van der Waals surface area contributed by atoms with Crippen LogP contribution in [0.15, 0.2) is 35.5 Å². The Morgan fingerprint density at radius 3 is 2.61 bits per heavy atom. The van der Waals surface area contributed by atoms with Crippen LogP contribution in [0.5, 0.6) is 0 Å². The Morgan fingerprint density at radius 2 is 2.00 bits per heavy atom. The molecule has 0 spiro atoms. The van der Waals surface area contributed by atoms with Crippen molar-refractivity contribution in [3.05, 3.63) is 46.7 Å². The second-order valence-electron chi connectivity index (χ2n) is 5.83. The van der Waals surface area contributed by atoms with Gasteiger partial charge in [0.05, 0.1) is 12.7 Å². The number of nitrogens with zero attached hydrogens (tertiary/aromatic N) is 4. The monoisotopic (exact) mass is 313 g/mol. The summed E-state index contributed by atoms with van der Waals surface area (Å²) < 4.78 is 6.55. The maximum absolute atomic E-state index is 12.3. The molecular formula is C16H19N5O2. The average molecular weight is 313 g/mol. The third-order valence-electron chi connectivity index (χ3n) is 4.04. The molecule has 0 amide bonds. The lowest BCUT2D eigenvalue weighted by Crippen LogP contribution is -2.29. The molecule has 0 radical (unpaired) electrons. The number of carbonyl (C=O) groups excluding carboxylic acids is 1. The average Bonchev–Trinajstić information content (AvgIpc) is 3.00. The summed E-state index contributed by atoms with van der Waals surface area (Å²) in [5.41, 5.74) is 3.37. The number of rotatable bonds is 3.